The third kappa shape index (κ3) is 2.59. The van der Waals surface area contributed by atoms with E-state index in [2.05, 4.69) is 5.38 Å². The third-order valence-corrected chi connectivity index (χ3v) is 3.08. The van der Waals surface area contributed by atoms with Crippen LogP contribution >= 0.6 is 23.6 Å². The molecular formula is C12H11NOS2. The second-order valence-electron chi connectivity index (χ2n) is 3.28. The normalized spacial score (nSPS) is 10.0. The van der Waals surface area contributed by atoms with Crippen molar-refractivity contribution in [2.45, 2.75) is 6.61 Å². The van der Waals surface area contributed by atoms with Crippen molar-refractivity contribution in [3.63, 3.8) is 0 Å². The Morgan fingerprint density at radius 3 is 2.81 bits per heavy atom. The molecule has 2 aromatic rings. The molecule has 1 heterocycles. The van der Waals surface area contributed by atoms with Crippen LogP contribution in [0.3, 0.4) is 0 Å². The van der Waals surface area contributed by atoms with Crippen molar-refractivity contribution < 1.29 is 4.74 Å². The van der Waals surface area contributed by atoms with E-state index in [0.29, 0.717) is 11.6 Å². The molecule has 1 aromatic carbocycles. The van der Waals surface area contributed by atoms with E-state index in [4.69, 9.17) is 22.7 Å². The molecule has 2 nitrogen and oxygen atoms in total. The highest BCUT2D eigenvalue weighted by Crippen LogP contribution is 2.19. The number of benzene rings is 1. The predicted molar refractivity (Wildman–Crippen MR) is 71.0 cm³/mol. The molecule has 16 heavy (non-hydrogen) atoms. The van der Waals surface area contributed by atoms with Crippen molar-refractivity contribution in [3.05, 3.63) is 52.2 Å². The molecule has 1 aromatic heterocycles. The Hall–Kier alpha value is -1.39. The molecule has 0 atom stereocenters. The van der Waals surface area contributed by atoms with Gasteiger partial charge in [0.05, 0.1) is 5.56 Å². The molecule has 2 rings (SSSR count). The van der Waals surface area contributed by atoms with Gasteiger partial charge in [-0.3, -0.25) is 0 Å². The number of para-hydroxylation sites is 1. The van der Waals surface area contributed by atoms with Crippen LogP contribution in [0.15, 0.2) is 41.1 Å². The lowest BCUT2D eigenvalue weighted by atomic mass is 10.2. The Balaban J connectivity index is 2.12. The minimum Gasteiger partial charge on any atom is -0.488 e. The Morgan fingerprint density at radius 2 is 2.12 bits per heavy atom. The highest BCUT2D eigenvalue weighted by atomic mass is 32.1. The predicted octanol–water partition coefficient (Wildman–Crippen LogP) is 2.96. The van der Waals surface area contributed by atoms with Crippen molar-refractivity contribution >= 4 is 28.5 Å². The summed E-state index contributed by atoms with van der Waals surface area (Å²) in [6, 6.07) is 9.58. The summed E-state index contributed by atoms with van der Waals surface area (Å²) in [5.41, 5.74) is 7.56. The summed E-state index contributed by atoms with van der Waals surface area (Å²) in [5.74, 6) is 0.737. The standard InChI is InChI=1S/C12H11NOS2/c13-12(15)10-3-1-2-4-11(10)14-7-9-5-6-16-8-9/h1-6,8H,7H2,(H2,13,15). The fraction of sp³-hybridized carbons (Fsp3) is 0.0833. The van der Waals surface area contributed by atoms with Crippen molar-refractivity contribution in [3.8, 4) is 5.75 Å². The number of thiophene rings is 1. The monoisotopic (exact) mass is 249 g/mol. The van der Waals surface area contributed by atoms with Crippen molar-refractivity contribution in [1.82, 2.24) is 0 Å². The second kappa shape index (κ2) is 5.09. The third-order valence-electron chi connectivity index (χ3n) is 2.13. The van der Waals surface area contributed by atoms with Crippen LogP contribution in [0, 0.1) is 0 Å². The Bertz CT molecular complexity index is 480. The molecular weight excluding hydrogens is 238 g/mol. The minimum atomic E-state index is 0.362. The van der Waals surface area contributed by atoms with Gasteiger partial charge in [0.25, 0.3) is 0 Å². The van der Waals surface area contributed by atoms with Crippen LogP contribution in [0.25, 0.3) is 0 Å². The van der Waals surface area contributed by atoms with Gasteiger partial charge in [0.1, 0.15) is 17.3 Å². The van der Waals surface area contributed by atoms with E-state index < -0.39 is 0 Å². The first-order chi connectivity index (χ1) is 7.77. The second-order valence-corrected chi connectivity index (χ2v) is 4.50. The number of thiocarbonyl (C=S) groups is 1. The number of hydrogen-bond acceptors (Lipinski definition) is 3. The summed E-state index contributed by atoms with van der Waals surface area (Å²) in [6.07, 6.45) is 0. The first-order valence-corrected chi connectivity index (χ1v) is 6.15. The molecule has 0 aliphatic heterocycles. The van der Waals surface area contributed by atoms with E-state index in [0.717, 1.165) is 16.9 Å². The summed E-state index contributed by atoms with van der Waals surface area (Å²) >= 11 is 6.62. The van der Waals surface area contributed by atoms with Gasteiger partial charge in [-0.2, -0.15) is 11.3 Å². The molecule has 0 amide bonds. The highest BCUT2D eigenvalue weighted by molar-refractivity contribution is 7.80. The first kappa shape index (κ1) is 11.1. The van der Waals surface area contributed by atoms with Gasteiger partial charge in [0.2, 0.25) is 0 Å². The minimum absolute atomic E-state index is 0.362. The van der Waals surface area contributed by atoms with E-state index in [1.54, 1.807) is 11.3 Å². The molecule has 0 aliphatic rings. The number of nitrogens with two attached hydrogens (primary N) is 1. The van der Waals surface area contributed by atoms with E-state index in [1.165, 1.54) is 0 Å². The quantitative estimate of drug-likeness (QED) is 0.846. The van der Waals surface area contributed by atoms with Crippen molar-refractivity contribution in [2.24, 2.45) is 5.73 Å². The molecule has 0 saturated heterocycles. The SMILES string of the molecule is NC(=S)c1ccccc1OCc1ccsc1. The van der Waals surface area contributed by atoms with Crippen LogP contribution < -0.4 is 10.5 Å². The summed E-state index contributed by atoms with van der Waals surface area (Å²) in [6.45, 7) is 0.545. The first-order valence-electron chi connectivity index (χ1n) is 4.80. The maximum Gasteiger partial charge on any atom is 0.129 e. The number of ether oxygens (including phenoxy) is 1. The molecule has 0 radical (unpaired) electrons. The lowest BCUT2D eigenvalue weighted by Crippen LogP contribution is -2.11. The highest BCUT2D eigenvalue weighted by Gasteiger charge is 2.05. The van der Waals surface area contributed by atoms with Gasteiger partial charge in [0, 0.05) is 0 Å². The van der Waals surface area contributed by atoms with Gasteiger partial charge in [-0.25, -0.2) is 0 Å². The summed E-state index contributed by atoms with van der Waals surface area (Å²) < 4.78 is 5.68. The van der Waals surface area contributed by atoms with Crippen molar-refractivity contribution in [2.75, 3.05) is 0 Å². The molecule has 0 fully saturated rings. The van der Waals surface area contributed by atoms with Gasteiger partial charge in [-0.1, -0.05) is 24.4 Å². The van der Waals surface area contributed by atoms with E-state index in [9.17, 15) is 0 Å². The average molecular weight is 249 g/mol. The van der Waals surface area contributed by atoms with E-state index in [1.807, 2.05) is 35.7 Å². The van der Waals surface area contributed by atoms with Gasteiger partial charge in [-0.05, 0) is 34.5 Å². The van der Waals surface area contributed by atoms with Gasteiger partial charge in [0.15, 0.2) is 0 Å². The zero-order valence-corrected chi connectivity index (χ0v) is 10.2. The lowest BCUT2D eigenvalue weighted by Gasteiger charge is -2.09. The lowest BCUT2D eigenvalue weighted by molar-refractivity contribution is 0.306. The van der Waals surface area contributed by atoms with Gasteiger partial charge >= 0.3 is 0 Å². The smallest absolute Gasteiger partial charge is 0.129 e. The van der Waals surface area contributed by atoms with Crippen LogP contribution in [0.4, 0.5) is 0 Å². The largest absolute Gasteiger partial charge is 0.488 e. The zero-order valence-electron chi connectivity index (χ0n) is 8.55. The van der Waals surface area contributed by atoms with Crippen LogP contribution in [-0.4, -0.2) is 4.99 Å². The molecule has 0 aliphatic carbocycles. The molecule has 0 saturated carbocycles. The molecule has 0 bridgehead atoms. The van der Waals surface area contributed by atoms with Crippen LogP contribution in [0.5, 0.6) is 5.75 Å². The Labute approximate surface area is 104 Å². The molecule has 0 spiro atoms. The number of rotatable bonds is 4. The fourth-order valence-corrected chi connectivity index (χ4v) is 2.15. The van der Waals surface area contributed by atoms with Crippen molar-refractivity contribution in [1.29, 1.82) is 0 Å². The van der Waals surface area contributed by atoms with Gasteiger partial charge in [-0.15, -0.1) is 0 Å². The molecule has 0 unspecified atom stereocenters. The Kier molecular flexibility index (Phi) is 3.54. The summed E-state index contributed by atoms with van der Waals surface area (Å²) in [5, 5.41) is 4.08. The zero-order chi connectivity index (χ0) is 11.4. The van der Waals surface area contributed by atoms with Gasteiger partial charge < -0.3 is 10.5 Å². The maximum atomic E-state index is 5.68. The van der Waals surface area contributed by atoms with Crippen LogP contribution in [-0.2, 0) is 6.61 Å². The van der Waals surface area contributed by atoms with E-state index in [-0.39, 0.29) is 0 Å². The summed E-state index contributed by atoms with van der Waals surface area (Å²) in [4.78, 5) is 0.362. The summed E-state index contributed by atoms with van der Waals surface area (Å²) in [7, 11) is 0. The fourth-order valence-electron chi connectivity index (χ4n) is 1.33. The molecule has 2 N–H and O–H groups in total. The Morgan fingerprint density at radius 1 is 1.31 bits per heavy atom. The van der Waals surface area contributed by atoms with E-state index >= 15 is 0 Å². The topological polar surface area (TPSA) is 35.2 Å². The maximum absolute atomic E-state index is 5.68. The van der Waals surface area contributed by atoms with Crippen LogP contribution in [0.2, 0.25) is 0 Å². The number of hydrogen-bond donors (Lipinski definition) is 1. The van der Waals surface area contributed by atoms with Crippen LogP contribution in [0.1, 0.15) is 11.1 Å². The molecule has 4 heteroatoms. The average Bonchev–Trinajstić information content (AvgIpc) is 2.79. The molecule has 82 valence electrons.